The number of hydrogen-bond acceptors (Lipinski definition) is 2. The summed E-state index contributed by atoms with van der Waals surface area (Å²) in [6.07, 6.45) is 5.43. The first-order valence-electron chi connectivity index (χ1n) is 5.77. The van der Waals surface area contributed by atoms with E-state index in [1.54, 1.807) is 11.1 Å². The lowest BCUT2D eigenvalue weighted by molar-refractivity contribution is 0.637. The summed E-state index contributed by atoms with van der Waals surface area (Å²) in [4.78, 5) is 0. The predicted octanol–water partition coefficient (Wildman–Crippen LogP) is 4.05. The highest BCUT2D eigenvalue weighted by Gasteiger charge is 2.38. The monoisotopic (exact) mass is 236 g/mol. The average molecular weight is 236 g/mol. The van der Waals surface area contributed by atoms with Crippen LogP contribution in [0.2, 0.25) is 0 Å². The second kappa shape index (κ2) is 4.06. The van der Waals surface area contributed by atoms with Crippen molar-refractivity contribution in [3.8, 4) is 0 Å². The molecule has 1 aliphatic carbocycles. The van der Waals surface area contributed by atoms with E-state index < -0.39 is 0 Å². The summed E-state index contributed by atoms with van der Waals surface area (Å²) < 4.78 is 0.424. The summed E-state index contributed by atoms with van der Waals surface area (Å²) in [7, 11) is 0. The second-order valence-electron chi connectivity index (χ2n) is 4.31. The molecule has 2 aliphatic rings. The van der Waals surface area contributed by atoms with Gasteiger partial charge in [0.05, 0.1) is 4.08 Å². The Bertz CT molecular complexity index is 353. The van der Waals surface area contributed by atoms with Crippen LogP contribution in [0.1, 0.15) is 30.4 Å². The van der Waals surface area contributed by atoms with Crippen LogP contribution < -0.4 is 0 Å². The summed E-state index contributed by atoms with van der Waals surface area (Å²) in [6.45, 7) is 0. The molecular weight excluding hydrogens is 220 g/mol. The fourth-order valence-electron chi connectivity index (χ4n) is 2.63. The van der Waals surface area contributed by atoms with E-state index in [0.717, 1.165) is 0 Å². The van der Waals surface area contributed by atoms with Crippen LogP contribution >= 0.6 is 23.5 Å². The highest BCUT2D eigenvalue weighted by molar-refractivity contribution is 8.18. The van der Waals surface area contributed by atoms with E-state index in [2.05, 4.69) is 47.8 Å². The summed E-state index contributed by atoms with van der Waals surface area (Å²) in [6, 6.07) is 9.09. The van der Waals surface area contributed by atoms with Crippen molar-refractivity contribution in [2.75, 3.05) is 11.5 Å². The molecule has 2 heteroatoms. The van der Waals surface area contributed by atoms with Crippen LogP contribution in [0.4, 0.5) is 0 Å². The molecule has 0 atom stereocenters. The Balaban J connectivity index is 2.04. The van der Waals surface area contributed by atoms with E-state index in [-0.39, 0.29) is 0 Å². The molecule has 1 aromatic rings. The van der Waals surface area contributed by atoms with Crippen LogP contribution in [0, 0.1) is 0 Å². The molecule has 0 amide bonds. The van der Waals surface area contributed by atoms with Gasteiger partial charge in [0, 0.05) is 0 Å². The summed E-state index contributed by atoms with van der Waals surface area (Å²) >= 11 is 4.38. The highest BCUT2D eigenvalue weighted by atomic mass is 32.2. The Labute approximate surface area is 100 Å². The maximum atomic E-state index is 2.36. The zero-order chi connectivity index (χ0) is 10.1. The Morgan fingerprint density at radius 1 is 1.00 bits per heavy atom. The molecule has 0 bridgehead atoms. The molecule has 15 heavy (non-hydrogen) atoms. The molecule has 1 fully saturated rings. The maximum absolute atomic E-state index is 2.36. The third-order valence-electron chi connectivity index (χ3n) is 3.34. The topological polar surface area (TPSA) is 0 Å². The first-order chi connectivity index (χ1) is 7.41. The van der Waals surface area contributed by atoms with E-state index in [4.69, 9.17) is 0 Å². The SMILES string of the molecule is c1ccc2c(c1)CCCC21SCCCS1. The molecule has 0 unspecified atom stereocenters. The minimum atomic E-state index is 0.424. The van der Waals surface area contributed by atoms with E-state index in [1.807, 2.05) is 0 Å². The quantitative estimate of drug-likeness (QED) is 0.666. The van der Waals surface area contributed by atoms with Crippen LogP contribution in [0.3, 0.4) is 0 Å². The number of thioether (sulfide) groups is 2. The number of benzene rings is 1. The molecule has 1 saturated heterocycles. The van der Waals surface area contributed by atoms with Gasteiger partial charge in [0.2, 0.25) is 0 Å². The summed E-state index contributed by atoms with van der Waals surface area (Å²) in [5.74, 6) is 2.70. The summed E-state index contributed by atoms with van der Waals surface area (Å²) in [5.41, 5.74) is 3.23. The molecule has 0 N–H and O–H groups in total. The largest absolute Gasteiger partial charge is 0.139 e. The minimum Gasteiger partial charge on any atom is -0.139 e. The van der Waals surface area contributed by atoms with Crippen molar-refractivity contribution in [2.24, 2.45) is 0 Å². The molecule has 1 heterocycles. The van der Waals surface area contributed by atoms with Crippen molar-refractivity contribution in [1.29, 1.82) is 0 Å². The molecule has 1 aromatic carbocycles. The van der Waals surface area contributed by atoms with Gasteiger partial charge in [-0.1, -0.05) is 24.3 Å². The third kappa shape index (κ3) is 1.72. The fourth-order valence-corrected chi connectivity index (χ4v) is 6.17. The molecule has 80 valence electrons. The van der Waals surface area contributed by atoms with Gasteiger partial charge in [0.1, 0.15) is 0 Å². The molecule has 0 aromatic heterocycles. The predicted molar refractivity (Wildman–Crippen MR) is 70.6 cm³/mol. The van der Waals surface area contributed by atoms with Gasteiger partial charge in [0.25, 0.3) is 0 Å². The molecular formula is C13H16S2. The second-order valence-corrected chi connectivity index (χ2v) is 7.36. The number of hydrogen-bond donors (Lipinski definition) is 0. The van der Waals surface area contributed by atoms with Gasteiger partial charge >= 0.3 is 0 Å². The lowest BCUT2D eigenvalue weighted by Crippen LogP contribution is -2.27. The van der Waals surface area contributed by atoms with Crippen molar-refractivity contribution in [2.45, 2.75) is 29.8 Å². The summed E-state index contributed by atoms with van der Waals surface area (Å²) in [5, 5.41) is 0. The van der Waals surface area contributed by atoms with Gasteiger partial charge in [-0.2, -0.15) is 0 Å². The van der Waals surface area contributed by atoms with Gasteiger partial charge in [0.15, 0.2) is 0 Å². The maximum Gasteiger partial charge on any atom is 0.0862 e. The van der Waals surface area contributed by atoms with Gasteiger partial charge < -0.3 is 0 Å². The molecule has 1 aliphatic heterocycles. The van der Waals surface area contributed by atoms with Gasteiger partial charge in [-0.15, -0.1) is 23.5 Å². The van der Waals surface area contributed by atoms with E-state index in [0.29, 0.717) is 4.08 Å². The Kier molecular flexibility index (Phi) is 2.73. The zero-order valence-electron chi connectivity index (χ0n) is 8.87. The lowest BCUT2D eigenvalue weighted by atomic mass is 9.91. The molecule has 1 spiro atoms. The van der Waals surface area contributed by atoms with Gasteiger partial charge in [-0.05, 0) is 48.3 Å². The standard InChI is InChI=1S/C13H16S2/c1-2-7-12-11(5-1)6-3-8-13(12)14-9-4-10-15-13/h1-2,5,7H,3-4,6,8-10H2. The lowest BCUT2D eigenvalue weighted by Gasteiger charge is -2.40. The van der Waals surface area contributed by atoms with Gasteiger partial charge in [-0.25, -0.2) is 0 Å². The van der Waals surface area contributed by atoms with E-state index in [1.165, 1.54) is 37.2 Å². The molecule has 0 saturated carbocycles. The van der Waals surface area contributed by atoms with Gasteiger partial charge in [-0.3, -0.25) is 0 Å². The highest BCUT2D eigenvalue weighted by Crippen LogP contribution is 2.56. The Hall–Kier alpha value is -0.0800. The molecule has 0 radical (unpaired) electrons. The van der Waals surface area contributed by atoms with Crippen LogP contribution in [0.25, 0.3) is 0 Å². The Morgan fingerprint density at radius 3 is 2.67 bits per heavy atom. The number of aryl methyl sites for hydroxylation is 1. The number of rotatable bonds is 0. The van der Waals surface area contributed by atoms with E-state index in [9.17, 15) is 0 Å². The van der Waals surface area contributed by atoms with Crippen molar-refractivity contribution >= 4 is 23.5 Å². The van der Waals surface area contributed by atoms with Crippen LogP contribution in [0.5, 0.6) is 0 Å². The van der Waals surface area contributed by atoms with Crippen LogP contribution in [-0.2, 0) is 10.5 Å². The minimum absolute atomic E-state index is 0.424. The van der Waals surface area contributed by atoms with Crippen LogP contribution in [0.15, 0.2) is 24.3 Å². The fraction of sp³-hybridized carbons (Fsp3) is 0.538. The van der Waals surface area contributed by atoms with Crippen molar-refractivity contribution in [1.82, 2.24) is 0 Å². The Morgan fingerprint density at radius 2 is 1.80 bits per heavy atom. The number of fused-ring (bicyclic) bond motifs is 2. The normalized spacial score (nSPS) is 23.7. The molecule has 3 rings (SSSR count). The zero-order valence-corrected chi connectivity index (χ0v) is 10.5. The average Bonchev–Trinajstić information content (AvgIpc) is 2.31. The van der Waals surface area contributed by atoms with Crippen molar-refractivity contribution < 1.29 is 0 Å². The third-order valence-corrected chi connectivity index (χ3v) is 6.81. The first-order valence-corrected chi connectivity index (χ1v) is 7.74. The smallest absolute Gasteiger partial charge is 0.0862 e. The van der Waals surface area contributed by atoms with E-state index >= 15 is 0 Å². The van der Waals surface area contributed by atoms with Crippen molar-refractivity contribution in [3.63, 3.8) is 0 Å². The van der Waals surface area contributed by atoms with Crippen molar-refractivity contribution in [3.05, 3.63) is 35.4 Å². The van der Waals surface area contributed by atoms with Crippen LogP contribution in [-0.4, -0.2) is 11.5 Å². The molecule has 0 nitrogen and oxygen atoms in total. The first kappa shape index (κ1) is 10.1.